The van der Waals surface area contributed by atoms with Gasteiger partial charge in [-0.3, -0.25) is 0 Å². The number of nitrogens with one attached hydrogen (secondary N) is 2. The lowest BCUT2D eigenvalue weighted by molar-refractivity contribution is 0.0828. The first-order valence-corrected chi connectivity index (χ1v) is 7.77. The van der Waals surface area contributed by atoms with Gasteiger partial charge in [-0.05, 0) is 10.8 Å². The molecule has 2 aliphatic rings. The van der Waals surface area contributed by atoms with E-state index in [1.165, 1.54) is 0 Å². The molecule has 2 saturated heterocycles. The summed E-state index contributed by atoms with van der Waals surface area (Å²) in [5.41, 5.74) is 0.353. The maximum atomic E-state index is 13.0. The molecular formula is C16H33FN2O. The van der Waals surface area contributed by atoms with Crippen LogP contribution in [-0.4, -0.2) is 43.6 Å². The molecule has 3 nitrogen and oxygen atoms in total. The Labute approximate surface area is 123 Å². The highest BCUT2D eigenvalue weighted by Crippen LogP contribution is 2.32. The van der Waals surface area contributed by atoms with Gasteiger partial charge in [0.25, 0.3) is 0 Å². The number of aliphatic hydroxyl groups excluding tert-OH is 1. The predicted molar refractivity (Wildman–Crippen MR) is 82.5 cm³/mol. The van der Waals surface area contributed by atoms with E-state index in [2.05, 4.69) is 52.2 Å². The van der Waals surface area contributed by atoms with Crippen molar-refractivity contribution in [1.29, 1.82) is 0 Å². The van der Waals surface area contributed by atoms with Crippen molar-refractivity contribution in [3.63, 3.8) is 0 Å². The third kappa shape index (κ3) is 4.97. The number of aliphatic hydroxyl groups is 1. The molecule has 0 aliphatic carbocycles. The zero-order valence-electron chi connectivity index (χ0n) is 14.0. The lowest BCUT2D eigenvalue weighted by Gasteiger charge is -2.28. The Balaban J connectivity index is 0.000000200. The van der Waals surface area contributed by atoms with Crippen LogP contribution in [0.25, 0.3) is 0 Å². The Hall–Kier alpha value is -0.190. The molecule has 20 heavy (non-hydrogen) atoms. The molecule has 2 fully saturated rings. The number of β-amino-alcohol motifs (C(OH)–C–C–N with tert-alkyl or cyclic N) is 1. The van der Waals surface area contributed by atoms with Crippen LogP contribution in [0.2, 0.25) is 0 Å². The Morgan fingerprint density at radius 1 is 0.800 bits per heavy atom. The molecule has 0 spiro atoms. The smallest absolute Gasteiger partial charge is 0.117 e. The van der Waals surface area contributed by atoms with Crippen LogP contribution >= 0.6 is 0 Å². The van der Waals surface area contributed by atoms with Crippen LogP contribution in [0.1, 0.15) is 41.5 Å². The summed E-state index contributed by atoms with van der Waals surface area (Å²) in [6.07, 6.45) is -0.778. The Morgan fingerprint density at radius 2 is 1.25 bits per heavy atom. The number of rotatable bonds is 0. The quantitative estimate of drug-likeness (QED) is 0.640. The molecule has 0 bridgehead atoms. The summed E-state index contributed by atoms with van der Waals surface area (Å²) >= 11 is 0. The van der Waals surface area contributed by atoms with Crippen LogP contribution in [0.3, 0.4) is 0 Å². The first-order valence-electron chi connectivity index (χ1n) is 7.77. The maximum absolute atomic E-state index is 13.0. The van der Waals surface area contributed by atoms with Gasteiger partial charge in [0.15, 0.2) is 0 Å². The van der Waals surface area contributed by atoms with Gasteiger partial charge in [-0.1, -0.05) is 41.5 Å². The fourth-order valence-electron chi connectivity index (χ4n) is 3.04. The normalized spacial score (nSPS) is 34.8. The topological polar surface area (TPSA) is 44.3 Å². The van der Waals surface area contributed by atoms with E-state index in [9.17, 15) is 9.50 Å². The Kier molecular flexibility index (Phi) is 6.00. The second-order valence-corrected chi connectivity index (χ2v) is 8.34. The number of halogens is 1. The molecule has 4 heteroatoms. The van der Waals surface area contributed by atoms with E-state index in [0.29, 0.717) is 12.5 Å². The van der Waals surface area contributed by atoms with Gasteiger partial charge in [-0.15, -0.1) is 0 Å². The Bertz CT molecular complexity index is 266. The molecule has 4 unspecified atom stereocenters. The van der Waals surface area contributed by atoms with Gasteiger partial charge in [-0.25, -0.2) is 4.39 Å². The van der Waals surface area contributed by atoms with E-state index in [1.54, 1.807) is 0 Å². The zero-order chi connectivity index (χ0) is 15.6. The van der Waals surface area contributed by atoms with Crippen LogP contribution in [0.4, 0.5) is 4.39 Å². The summed E-state index contributed by atoms with van der Waals surface area (Å²) in [5.74, 6) is 0.625. The molecule has 0 aromatic heterocycles. The molecule has 3 N–H and O–H groups in total. The van der Waals surface area contributed by atoms with Crippen LogP contribution in [0, 0.1) is 22.7 Å². The minimum absolute atomic E-state index is 0.114. The highest BCUT2D eigenvalue weighted by molar-refractivity contribution is 4.89. The van der Waals surface area contributed by atoms with Crippen molar-refractivity contribution in [2.75, 3.05) is 26.2 Å². The Morgan fingerprint density at radius 3 is 1.45 bits per heavy atom. The molecule has 2 aliphatic heterocycles. The molecule has 0 aromatic carbocycles. The highest BCUT2D eigenvalue weighted by atomic mass is 19.1. The first kappa shape index (κ1) is 17.9. The first-order chi connectivity index (χ1) is 9.03. The summed E-state index contributed by atoms with van der Waals surface area (Å²) in [6, 6.07) is 0. The van der Waals surface area contributed by atoms with E-state index in [0.717, 1.165) is 19.6 Å². The number of alkyl halides is 1. The second kappa shape index (κ2) is 6.71. The van der Waals surface area contributed by atoms with Crippen LogP contribution in [-0.2, 0) is 0 Å². The van der Waals surface area contributed by atoms with E-state index < -0.39 is 6.17 Å². The maximum Gasteiger partial charge on any atom is 0.117 e. The van der Waals surface area contributed by atoms with Crippen molar-refractivity contribution >= 4 is 0 Å². The van der Waals surface area contributed by atoms with Crippen molar-refractivity contribution in [3.05, 3.63) is 0 Å². The molecule has 0 aromatic rings. The molecule has 2 rings (SSSR count). The lowest BCUT2D eigenvalue weighted by Crippen LogP contribution is -2.30. The molecule has 2 heterocycles. The van der Waals surface area contributed by atoms with Gasteiger partial charge in [0.1, 0.15) is 6.17 Å². The lowest BCUT2D eigenvalue weighted by atomic mass is 9.79. The standard InChI is InChI=1S/C8H16FN.C8H17NO/c1-8(2,3)6-4-10-5-7(6)9;1-8(2,3)6-4-9-5-7(6)10/h6-7,10H,4-5H2,1-3H3;6-7,9-10H,4-5H2,1-3H3. The van der Waals surface area contributed by atoms with Crippen molar-refractivity contribution in [2.45, 2.75) is 53.8 Å². The highest BCUT2D eigenvalue weighted by Gasteiger charge is 2.36. The molecule has 0 radical (unpaired) electrons. The van der Waals surface area contributed by atoms with E-state index in [4.69, 9.17) is 0 Å². The largest absolute Gasteiger partial charge is 0.391 e. The monoisotopic (exact) mass is 288 g/mol. The molecule has 0 amide bonds. The second-order valence-electron chi connectivity index (χ2n) is 8.34. The molecule has 4 atom stereocenters. The minimum atomic E-state index is -0.639. The molecule has 120 valence electrons. The van der Waals surface area contributed by atoms with E-state index >= 15 is 0 Å². The van der Waals surface area contributed by atoms with Crippen LogP contribution < -0.4 is 10.6 Å². The number of hydrogen-bond acceptors (Lipinski definition) is 3. The van der Waals surface area contributed by atoms with Crippen molar-refractivity contribution in [3.8, 4) is 0 Å². The average molecular weight is 288 g/mol. The van der Waals surface area contributed by atoms with Crippen molar-refractivity contribution in [2.24, 2.45) is 22.7 Å². The third-order valence-corrected chi connectivity index (χ3v) is 4.55. The fourth-order valence-corrected chi connectivity index (χ4v) is 3.04. The van der Waals surface area contributed by atoms with Gasteiger partial charge in [0.2, 0.25) is 0 Å². The van der Waals surface area contributed by atoms with Crippen molar-refractivity contribution < 1.29 is 9.50 Å². The van der Waals surface area contributed by atoms with E-state index in [1.807, 2.05) is 0 Å². The fraction of sp³-hybridized carbons (Fsp3) is 1.00. The zero-order valence-corrected chi connectivity index (χ0v) is 14.0. The molecular weight excluding hydrogens is 255 g/mol. The molecule has 0 saturated carbocycles. The predicted octanol–water partition coefficient (Wildman–Crippen LogP) is 2.20. The summed E-state index contributed by atoms with van der Waals surface area (Å²) in [4.78, 5) is 0. The van der Waals surface area contributed by atoms with Gasteiger partial charge >= 0.3 is 0 Å². The van der Waals surface area contributed by atoms with Crippen molar-refractivity contribution in [1.82, 2.24) is 10.6 Å². The summed E-state index contributed by atoms with van der Waals surface area (Å²) in [5, 5.41) is 15.7. The van der Waals surface area contributed by atoms with E-state index in [-0.39, 0.29) is 22.9 Å². The minimum Gasteiger partial charge on any atom is -0.391 e. The summed E-state index contributed by atoms with van der Waals surface area (Å²) in [7, 11) is 0. The van der Waals surface area contributed by atoms with Crippen LogP contribution in [0.5, 0.6) is 0 Å². The van der Waals surface area contributed by atoms with Gasteiger partial charge in [0.05, 0.1) is 6.10 Å². The summed E-state index contributed by atoms with van der Waals surface area (Å²) < 4.78 is 13.0. The number of hydrogen-bond donors (Lipinski definition) is 3. The SMILES string of the molecule is CC(C)(C)C1CNCC1F.CC(C)(C)C1CNCC1O. The van der Waals surface area contributed by atoms with Gasteiger partial charge in [-0.2, -0.15) is 0 Å². The summed E-state index contributed by atoms with van der Waals surface area (Å²) in [6.45, 7) is 15.9. The van der Waals surface area contributed by atoms with Crippen LogP contribution in [0.15, 0.2) is 0 Å². The van der Waals surface area contributed by atoms with Gasteiger partial charge in [0, 0.05) is 38.0 Å². The third-order valence-electron chi connectivity index (χ3n) is 4.55. The average Bonchev–Trinajstić information content (AvgIpc) is 2.85. The van der Waals surface area contributed by atoms with Gasteiger partial charge < -0.3 is 15.7 Å².